The van der Waals surface area contributed by atoms with Gasteiger partial charge in [-0.25, -0.2) is 4.79 Å². The number of amides is 3. The van der Waals surface area contributed by atoms with Crippen molar-refractivity contribution < 1.29 is 28.7 Å². The normalized spacial score (nSPS) is 13.7. The summed E-state index contributed by atoms with van der Waals surface area (Å²) in [6, 6.07) is 19.0. The summed E-state index contributed by atoms with van der Waals surface area (Å²) in [6.45, 7) is 5.33. The van der Waals surface area contributed by atoms with Gasteiger partial charge in [0.15, 0.2) is 0 Å². The molecule has 9 nitrogen and oxygen atoms in total. The van der Waals surface area contributed by atoms with Gasteiger partial charge < -0.3 is 25.4 Å². The minimum atomic E-state index is -1.08. The first-order chi connectivity index (χ1) is 20.0. The van der Waals surface area contributed by atoms with Crippen LogP contribution in [-0.4, -0.2) is 41.4 Å². The van der Waals surface area contributed by atoms with Crippen LogP contribution in [0.2, 0.25) is 5.02 Å². The Morgan fingerprint density at radius 2 is 1.60 bits per heavy atom. The van der Waals surface area contributed by atoms with E-state index in [1.165, 1.54) is 18.2 Å². The van der Waals surface area contributed by atoms with Gasteiger partial charge in [0.25, 0.3) is 0 Å². The molecular formula is C32H34ClN3O6. The van der Waals surface area contributed by atoms with E-state index < -0.39 is 35.3 Å². The predicted octanol–water partition coefficient (Wildman–Crippen LogP) is 5.53. The van der Waals surface area contributed by atoms with Crippen molar-refractivity contribution in [2.24, 2.45) is 0 Å². The fourth-order valence-corrected chi connectivity index (χ4v) is 4.26. The number of hydrogen-bond acceptors (Lipinski definition) is 6. The van der Waals surface area contributed by atoms with Gasteiger partial charge in [0.1, 0.15) is 17.4 Å². The minimum Gasteiger partial charge on any atom is -0.488 e. The highest BCUT2D eigenvalue weighted by molar-refractivity contribution is 6.40. The van der Waals surface area contributed by atoms with Crippen LogP contribution < -0.4 is 20.7 Å². The van der Waals surface area contributed by atoms with Crippen molar-refractivity contribution in [3.05, 3.63) is 88.9 Å². The Labute approximate surface area is 249 Å². The molecule has 0 radical (unpaired) electrons. The van der Waals surface area contributed by atoms with Crippen molar-refractivity contribution in [2.45, 2.75) is 64.2 Å². The second-order valence-electron chi connectivity index (χ2n) is 11.0. The number of hydrogen-bond donors (Lipinski definition) is 3. The molecule has 3 N–H and O–H groups in total. The molecule has 1 atom stereocenters. The van der Waals surface area contributed by atoms with E-state index in [1.807, 2.05) is 30.3 Å². The maximum Gasteiger partial charge on any atom is 0.338 e. The summed E-state index contributed by atoms with van der Waals surface area (Å²) in [6.07, 6.45) is 3.08. The molecule has 0 aliphatic heterocycles. The number of esters is 1. The molecule has 3 aromatic rings. The number of rotatable bonds is 9. The number of carbonyl (C=O) groups is 4. The first-order valence-corrected chi connectivity index (χ1v) is 14.1. The molecule has 0 saturated heterocycles. The molecule has 1 fully saturated rings. The van der Waals surface area contributed by atoms with E-state index in [-0.39, 0.29) is 18.2 Å². The Kier molecular flexibility index (Phi) is 9.85. The van der Waals surface area contributed by atoms with E-state index in [1.54, 1.807) is 45.0 Å². The maximum atomic E-state index is 13.3. The lowest BCUT2D eigenvalue weighted by atomic mass is 9.96. The molecule has 3 amide bonds. The highest BCUT2D eigenvalue weighted by Gasteiger charge is 2.27. The summed E-state index contributed by atoms with van der Waals surface area (Å²) < 4.78 is 11.3. The lowest BCUT2D eigenvalue weighted by Crippen LogP contribution is -2.49. The number of ether oxygens (including phenoxy) is 2. The van der Waals surface area contributed by atoms with Crippen LogP contribution in [0.25, 0.3) is 0 Å². The lowest BCUT2D eigenvalue weighted by molar-refractivity contribution is -0.137. The summed E-state index contributed by atoms with van der Waals surface area (Å²) >= 11 is 6.13. The zero-order valence-corrected chi connectivity index (χ0v) is 24.5. The average Bonchev–Trinajstić information content (AvgIpc) is 2.91. The van der Waals surface area contributed by atoms with Crippen LogP contribution >= 0.6 is 11.6 Å². The monoisotopic (exact) mass is 591 g/mol. The van der Waals surface area contributed by atoms with E-state index in [0.29, 0.717) is 22.0 Å². The van der Waals surface area contributed by atoms with Gasteiger partial charge in [-0.2, -0.15) is 0 Å². The Morgan fingerprint density at radius 3 is 2.21 bits per heavy atom. The highest BCUT2D eigenvalue weighted by atomic mass is 35.5. The van der Waals surface area contributed by atoms with E-state index in [4.69, 9.17) is 21.1 Å². The fraction of sp³-hybridized carbons (Fsp3) is 0.312. The quantitative estimate of drug-likeness (QED) is 0.222. The molecular weight excluding hydrogens is 558 g/mol. The van der Waals surface area contributed by atoms with E-state index in [9.17, 15) is 19.2 Å². The number of halogens is 1. The van der Waals surface area contributed by atoms with Crippen molar-refractivity contribution in [2.75, 3.05) is 10.6 Å². The van der Waals surface area contributed by atoms with Crippen molar-refractivity contribution in [3.8, 4) is 5.75 Å². The molecule has 0 aromatic heterocycles. The molecule has 0 spiro atoms. The third-order valence-corrected chi connectivity index (χ3v) is 6.67. The topological polar surface area (TPSA) is 123 Å². The second-order valence-corrected chi connectivity index (χ2v) is 11.5. The Hall–Kier alpha value is -4.37. The molecule has 0 bridgehead atoms. The zero-order chi connectivity index (χ0) is 30.3. The smallest absolute Gasteiger partial charge is 0.338 e. The standard InChI is InChI=1S/C32H34ClN3O6/c1-32(2,3)42-31(40)21-12-15-23(16-13-21)34-28(37)26(18-20-8-5-4-6-9-20)36-30(39)29(38)35-25-19-22(33)14-17-27(25)41-24-10-7-11-24/h4-6,8-9,12-17,19,24,26H,7,10-11,18H2,1-3H3,(H,34,37)(H,35,38)(H,36,39)/t26-/m0/s1. The summed E-state index contributed by atoms with van der Waals surface area (Å²) in [4.78, 5) is 51.5. The van der Waals surface area contributed by atoms with Crippen LogP contribution in [-0.2, 0) is 25.5 Å². The first-order valence-electron chi connectivity index (χ1n) is 13.7. The van der Waals surface area contributed by atoms with Crippen molar-refractivity contribution in [1.82, 2.24) is 5.32 Å². The molecule has 220 valence electrons. The van der Waals surface area contributed by atoms with Gasteiger partial charge in [0.05, 0.1) is 17.4 Å². The average molecular weight is 592 g/mol. The van der Waals surface area contributed by atoms with Crippen LogP contribution in [0.5, 0.6) is 5.75 Å². The first kappa shape index (κ1) is 30.6. The largest absolute Gasteiger partial charge is 0.488 e. The molecule has 4 rings (SSSR count). The van der Waals surface area contributed by atoms with E-state index >= 15 is 0 Å². The van der Waals surface area contributed by atoms with Gasteiger partial charge >= 0.3 is 17.8 Å². The van der Waals surface area contributed by atoms with Crippen molar-refractivity contribution >= 4 is 46.7 Å². The summed E-state index contributed by atoms with van der Waals surface area (Å²) in [5.41, 5.74) is 1.14. The summed E-state index contributed by atoms with van der Waals surface area (Å²) in [5, 5.41) is 8.22. The minimum absolute atomic E-state index is 0.0489. The van der Waals surface area contributed by atoms with Crippen molar-refractivity contribution in [1.29, 1.82) is 0 Å². The predicted molar refractivity (Wildman–Crippen MR) is 161 cm³/mol. The summed E-state index contributed by atoms with van der Waals surface area (Å²) in [7, 11) is 0. The van der Waals surface area contributed by atoms with Gasteiger partial charge in [-0.05, 0) is 88.1 Å². The van der Waals surface area contributed by atoms with Gasteiger partial charge in [-0.1, -0.05) is 41.9 Å². The van der Waals surface area contributed by atoms with Gasteiger partial charge in [-0.3, -0.25) is 14.4 Å². The Morgan fingerprint density at radius 1 is 0.905 bits per heavy atom. The Balaban J connectivity index is 1.45. The lowest BCUT2D eigenvalue weighted by Gasteiger charge is -2.27. The molecule has 1 saturated carbocycles. The Bertz CT molecular complexity index is 1430. The SMILES string of the molecule is CC(C)(C)OC(=O)c1ccc(NC(=O)[C@H](Cc2ccccc2)NC(=O)C(=O)Nc2cc(Cl)ccc2OC2CCC2)cc1. The summed E-state index contributed by atoms with van der Waals surface area (Å²) in [5.74, 6) is -2.58. The number of anilines is 2. The number of nitrogens with one attached hydrogen (secondary N) is 3. The van der Waals surface area contributed by atoms with Crippen LogP contribution in [0.15, 0.2) is 72.8 Å². The number of benzene rings is 3. The molecule has 3 aromatic carbocycles. The molecule has 10 heteroatoms. The van der Waals surface area contributed by atoms with Crippen LogP contribution in [0.4, 0.5) is 11.4 Å². The van der Waals surface area contributed by atoms with Crippen molar-refractivity contribution in [3.63, 3.8) is 0 Å². The second kappa shape index (κ2) is 13.5. The zero-order valence-electron chi connectivity index (χ0n) is 23.7. The van der Waals surface area contributed by atoms with Gasteiger partial charge in [0.2, 0.25) is 5.91 Å². The molecule has 1 aliphatic rings. The molecule has 0 heterocycles. The fourth-order valence-electron chi connectivity index (χ4n) is 4.09. The molecule has 42 heavy (non-hydrogen) atoms. The highest BCUT2D eigenvalue weighted by Crippen LogP contribution is 2.32. The van der Waals surface area contributed by atoms with E-state index in [2.05, 4.69) is 16.0 Å². The van der Waals surface area contributed by atoms with Gasteiger partial charge in [-0.15, -0.1) is 0 Å². The van der Waals surface area contributed by atoms with E-state index in [0.717, 1.165) is 24.8 Å². The molecule has 1 aliphatic carbocycles. The van der Waals surface area contributed by atoms with Crippen LogP contribution in [0, 0.1) is 0 Å². The third kappa shape index (κ3) is 8.81. The van der Waals surface area contributed by atoms with Gasteiger partial charge in [0, 0.05) is 17.1 Å². The van der Waals surface area contributed by atoms with Crippen LogP contribution in [0.1, 0.15) is 56.0 Å². The third-order valence-electron chi connectivity index (χ3n) is 6.43. The van der Waals surface area contributed by atoms with Crippen LogP contribution in [0.3, 0.4) is 0 Å². The molecule has 0 unspecified atom stereocenters. The number of carbonyl (C=O) groups excluding carboxylic acids is 4. The maximum absolute atomic E-state index is 13.3.